The molecular weight excluding hydrogens is 296 g/mol. The van der Waals surface area contributed by atoms with Crippen LogP contribution in [-0.4, -0.2) is 50.3 Å². The highest BCUT2D eigenvalue weighted by atomic mass is 32.2. The minimum Gasteiger partial charge on any atom is -0.303 e. The van der Waals surface area contributed by atoms with Gasteiger partial charge in [-0.15, -0.1) is 0 Å². The SMILES string of the molecule is O=S(=O)(c1ccccc1)N1CCCC(CN2CCCC2)CC1. The van der Waals surface area contributed by atoms with Crippen molar-refractivity contribution >= 4 is 10.0 Å². The van der Waals surface area contributed by atoms with Gasteiger partial charge in [0.1, 0.15) is 0 Å². The zero-order valence-electron chi connectivity index (χ0n) is 13.2. The van der Waals surface area contributed by atoms with Gasteiger partial charge >= 0.3 is 0 Å². The molecule has 2 aliphatic rings. The quantitative estimate of drug-likeness (QED) is 0.855. The van der Waals surface area contributed by atoms with Gasteiger partial charge in [0.15, 0.2) is 0 Å². The lowest BCUT2D eigenvalue weighted by molar-refractivity contribution is 0.262. The lowest BCUT2D eigenvalue weighted by Gasteiger charge is -2.22. The second-order valence-corrected chi connectivity index (χ2v) is 8.46. The van der Waals surface area contributed by atoms with E-state index in [0.29, 0.717) is 23.9 Å². The second-order valence-electron chi connectivity index (χ2n) is 6.52. The molecule has 122 valence electrons. The Morgan fingerprint density at radius 3 is 2.36 bits per heavy atom. The number of benzene rings is 1. The number of rotatable bonds is 4. The molecule has 0 amide bonds. The zero-order valence-corrected chi connectivity index (χ0v) is 14.0. The average molecular weight is 322 g/mol. The standard InChI is InChI=1S/C17H26N2O2S/c20-22(21,17-8-2-1-3-9-17)19-13-6-7-16(10-14-19)15-18-11-4-5-12-18/h1-3,8-9,16H,4-7,10-15H2. The predicted octanol–water partition coefficient (Wildman–Crippen LogP) is 2.57. The van der Waals surface area contributed by atoms with E-state index in [-0.39, 0.29) is 0 Å². The van der Waals surface area contributed by atoms with E-state index in [4.69, 9.17) is 0 Å². The third kappa shape index (κ3) is 3.70. The minimum absolute atomic E-state index is 0.424. The first kappa shape index (κ1) is 16.0. The molecule has 2 aliphatic heterocycles. The lowest BCUT2D eigenvalue weighted by Crippen LogP contribution is -2.32. The molecule has 2 heterocycles. The molecule has 1 aromatic rings. The van der Waals surface area contributed by atoms with Gasteiger partial charge in [0.05, 0.1) is 4.90 Å². The molecule has 1 aromatic carbocycles. The van der Waals surface area contributed by atoms with Gasteiger partial charge < -0.3 is 4.90 Å². The number of likely N-dealkylation sites (tertiary alicyclic amines) is 1. The van der Waals surface area contributed by atoms with E-state index in [2.05, 4.69) is 4.90 Å². The highest BCUT2D eigenvalue weighted by Crippen LogP contribution is 2.24. The summed E-state index contributed by atoms with van der Waals surface area (Å²) in [5, 5.41) is 0. The molecule has 1 atom stereocenters. The Morgan fingerprint density at radius 2 is 1.64 bits per heavy atom. The molecule has 0 saturated carbocycles. The summed E-state index contributed by atoms with van der Waals surface area (Å²) in [5.74, 6) is 0.647. The van der Waals surface area contributed by atoms with E-state index in [1.807, 2.05) is 6.07 Å². The molecule has 0 N–H and O–H groups in total. The van der Waals surface area contributed by atoms with Gasteiger partial charge in [0.2, 0.25) is 10.0 Å². The van der Waals surface area contributed by atoms with Crippen LogP contribution in [0.15, 0.2) is 35.2 Å². The van der Waals surface area contributed by atoms with Gasteiger partial charge in [0, 0.05) is 19.6 Å². The van der Waals surface area contributed by atoms with Gasteiger partial charge in [-0.3, -0.25) is 0 Å². The lowest BCUT2D eigenvalue weighted by atomic mass is 10.0. The predicted molar refractivity (Wildman–Crippen MR) is 88.2 cm³/mol. The summed E-state index contributed by atoms with van der Waals surface area (Å²) in [7, 11) is -3.32. The number of nitrogens with zero attached hydrogens (tertiary/aromatic N) is 2. The molecular formula is C17H26N2O2S. The van der Waals surface area contributed by atoms with Crippen molar-refractivity contribution in [2.45, 2.75) is 37.0 Å². The van der Waals surface area contributed by atoms with E-state index < -0.39 is 10.0 Å². The molecule has 0 spiro atoms. The molecule has 2 saturated heterocycles. The Bertz CT molecular complexity index is 568. The molecule has 0 aromatic heterocycles. The summed E-state index contributed by atoms with van der Waals surface area (Å²) >= 11 is 0. The van der Waals surface area contributed by atoms with Crippen molar-refractivity contribution in [1.82, 2.24) is 9.21 Å². The van der Waals surface area contributed by atoms with Crippen LogP contribution in [0.1, 0.15) is 32.1 Å². The van der Waals surface area contributed by atoms with E-state index in [9.17, 15) is 8.42 Å². The fraction of sp³-hybridized carbons (Fsp3) is 0.647. The number of hydrogen-bond donors (Lipinski definition) is 0. The van der Waals surface area contributed by atoms with Crippen LogP contribution >= 0.6 is 0 Å². The molecule has 1 unspecified atom stereocenters. The largest absolute Gasteiger partial charge is 0.303 e. The first-order valence-electron chi connectivity index (χ1n) is 8.44. The average Bonchev–Trinajstić information content (AvgIpc) is 2.92. The van der Waals surface area contributed by atoms with Crippen LogP contribution < -0.4 is 0 Å². The van der Waals surface area contributed by atoms with Crippen molar-refractivity contribution in [2.24, 2.45) is 5.92 Å². The number of sulfonamides is 1. The zero-order chi connectivity index (χ0) is 15.4. The third-order valence-electron chi connectivity index (χ3n) is 4.90. The molecule has 5 heteroatoms. The van der Waals surface area contributed by atoms with Gasteiger partial charge in [0.25, 0.3) is 0 Å². The molecule has 4 nitrogen and oxygen atoms in total. The third-order valence-corrected chi connectivity index (χ3v) is 6.82. The first-order valence-corrected chi connectivity index (χ1v) is 9.88. The van der Waals surface area contributed by atoms with Crippen molar-refractivity contribution in [1.29, 1.82) is 0 Å². The van der Waals surface area contributed by atoms with Crippen molar-refractivity contribution < 1.29 is 8.42 Å². The van der Waals surface area contributed by atoms with Crippen molar-refractivity contribution in [3.05, 3.63) is 30.3 Å². The van der Waals surface area contributed by atoms with Gasteiger partial charge in [-0.2, -0.15) is 4.31 Å². The van der Waals surface area contributed by atoms with Gasteiger partial charge in [-0.05, 0) is 63.2 Å². The van der Waals surface area contributed by atoms with Crippen LogP contribution in [0.5, 0.6) is 0 Å². The molecule has 22 heavy (non-hydrogen) atoms. The fourth-order valence-electron chi connectivity index (χ4n) is 3.63. The van der Waals surface area contributed by atoms with Crippen LogP contribution in [-0.2, 0) is 10.0 Å². The van der Waals surface area contributed by atoms with Gasteiger partial charge in [-0.25, -0.2) is 8.42 Å². The number of hydrogen-bond acceptors (Lipinski definition) is 3. The topological polar surface area (TPSA) is 40.6 Å². The fourth-order valence-corrected chi connectivity index (χ4v) is 5.15. The van der Waals surface area contributed by atoms with Crippen LogP contribution in [0.25, 0.3) is 0 Å². The molecule has 2 fully saturated rings. The van der Waals surface area contributed by atoms with Crippen LogP contribution in [0.2, 0.25) is 0 Å². The summed E-state index contributed by atoms with van der Waals surface area (Å²) < 4.78 is 27.1. The maximum atomic E-state index is 12.7. The maximum absolute atomic E-state index is 12.7. The Kier molecular flexibility index (Phi) is 5.16. The second kappa shape index (κ2) is 7.11. The van der Waals surface area contributed by atoms with Gasteiger partial charge in [-0.1, -0.05) is 18.2 Å². The van der Waals surface area contributed by atoms with E-state index in [1.54, 1.807) is 28.6 Å². The molecule has 0 radical (unpaired) electrons. The van der Waals surface area contributed by atoms with Crippen LogP contribution in [0.4, 0.5) is 0 Å². The molecule has 0 bridgehead atoms. The summed E-state index contributed by atoms with van der Waals surface area (Å²) in [6.07, 6.45) is 5.76. The Morgan fingerprint density at radius 1 is 0.909 bits per heavy atom. The maximum Gasteiger partial charge on any atom is 0.243 e. The highest BCUT2D eigenvalue weighted by molar-refractivity contribution is 7.89. The first-order chi connectivity index (χ1) is 10.7. The van der Waals surface area contributed by atoms with E-state index in [0.717, 1.165) is 25.8 Å². The van der Waals surface area contributed by atoms with Crippen molar-refractivity contribution in [2.75, 3.05) is 32.7 Å². The van der Waals surface area contributed by atoms with E-state index >= 15 is 0 Å². The van der Waals surface area contributed by atoms with E-state index in [1.165, 1.54) is 25.9 Å². The minimum atomic E-state index is -3.32. The molecule has 0 aliphatic carbocycles. The summed E-state index contributed by atoms with van der Waals surface area (Å²) in [6.45, 7) is 4.92. The monoisotopic (exact) mass is 322 g/mol. The smallest absolute Gasteiger partial charge is 0.243 e. The molecule has 3 rings (SSSR count). The Labute approximate surface area is 134 Å². The Balaban J connectivity index is 1.62. The van der Waals surface area contributed by atoms with Crippen molar-refractivity contribution in [3.8, 4) is 0 Å². The van der Waals surface area contributed by atoms with Crippen molar-refractivity contribution in [3.63, 3.8) is 0 Å². The summed E-state index contributed by atoms with van der Waals surface area (Å²) in [6, 6.07) is 8.83. The Hall–Kier alpha value is -0.910. The highest BCUT2D eigenvalue weighted by Gasteiger charge is 2.28. The van der Waals surface area contributed by atoms with Crippen LogP contribution in [0, 0.1) is 5.92 Å². The normalized spacial score (nSPS) is 25.2. The summed E-state index contributed by atoms with van der Waals surface area (Å²) in [4.78, 5) is 2.97. The van der Waals surface area contributed by atoms with Crippen LogP contribution in [0.3, 0.4) is 0 Å². The summed E-state index contributed by atoms with van der Waals surface area (Å²) in [5.41, 5.74) is 0.